The fourth-order valence-corrected chi connectivity index (χ4v) is 6.47. The van der Waals surface area contributed by atoms with E-state index in [2.05, 4.69) is 5.32 Å². The van der Waals surface area contributed by atoms with Gasteiger partial charge in [0.2, 0.25) is 10.0 Å². The number of piperazine rings is 1. The van der Waals surface area contributed by atoms with Crippen LogP contribution in [0.4, 0.5) is 27.6 Å². The summed E-state index contributed by atoms with van der Waals surface area (Å²) in [7, 11) is -2.69. The van der Waals surface area contributed by atoms with E-state index < -0.39 is 53.0 Å². The minimum Gasteiger partial charge on any atom is -0.455 e. The van der Waals surface area contributed by atoms with Crippen molar-refractivity contribution in [1.82, 2.24) is 15.1 Å². The van der Waals surface area contributed by atoms with Crippen LogP contribution in [0.1, 0.15) is 22.1 Å². The first-order chi connectivity index (χ1) is 22.6. The van der Waals surface area contributed by atoms with Gasteiger partial charge in [-0.05, 0) is 48.0 Å². The second-order valence-corrected chi connectivity index (χ2v) is 12.9. The number of fused-ring (bicyclic) bond motifs is 1. The van der Waals surface area contributed by atoms with Gasteiger partial charge in [-0.2, -0.15) is 13.2 Å². The Morgan fingerprint density at radius 2 is 1.60 bits per heavy atom. The summed E-state index contributed by atoms with van der Waals surface area (Å²) in [5.74, 6) is -3.56. The van der Waals surface area contributed by atoms with Crippen LogP contribution in [-0.4, -0.2) is 94.8 Å². The molecule has 0 spiro atoms. The first-order valence-corrected chi connectivity index (χ1v) is 16.4. The quantitative estimate of drug-likeness (QED) is 0.257. The topological polar surface area (TPSA) is 120 Å². The fraction of sp³-hybridized carbons (Fsp3) is 0.281. The number of sulfonamides is 1. The van der Waals surface area contributed by atoms with E-state index in [4.69, 9.17) is 4.42 Å². The minimum atomic E-state index is -5.03. The number of hydrogen-bond donors (Lipinski definition) is 1. The first-order valence-electron chi connectivity index (χ1n) is 14.5. The molecule has 3 aromatic carbocycles. The molecule has 1 aromatic heterocycles. The number of rotatable bonds is 8. The predicted octanol–water partition coefficient (Wildman–Crippen LogP) is 5.09. The summed E-state index contributed by atoms with van der Waals surface area (Å²) in [6, 6.07) is 14.0. The van der Waals surface area contributed by atoms with Crippen LogP contribution in [0.5, 0.6) is 0 Å². The molecule has 0 saturated carbocycles. The van der Waals surface area contributed by atoms with Gasteiger partial charge in [0.15, 0.2) is 0 Å². The molecule has 10 nitrogen and oxygen atoms in total. The molecule has 0 atom stereocenters. The molecule has 48 heavy (non-hydrogen) atoms. The van der Waals surface area contributed by atoms with E-state index in [1.165, 1.54) is 66.5 Å². The van der Waals surface area contributed by atoms with Crippen LogP contribution in [-0.2, 0) is 14.8 Å². The molecular formula is C32H31F5N4O6S. The van der Waals surface area contributed by atoms with Crippen molar-refractivity contribution in [2.24, 2.45) is 0 Å². The number of amides is 3. The van der Waals surface area contributed by atoms with Gasteiger partial charge in [0.1, 0.15) is 23.8 Å². The highest BCUT2D eigenvalue weighted by Gasteiger charge is 2.43. The molecule has 0 aliphatic carbocycles. The highest BCUT2D eigenvalue weighted by Crippen LogP contribution is 2.42. The fourth-order valence-electron chi connectivity index (χ4n) is 5.56. The van der Waals surface area contributed by atoms with Gasteiger partial charge in [0.05, 0.1) is 24.1 Å². The summed E-state index contributed by atoms with van der Waals surface area (Å²) < 4.78 is 98.8. The Morgan fingerprint density at radius 3 is 2.19 bits per heavy atom. The molecule has 16 heteroatoms. The van der Waals surface area contributed by atoms with E-state index in [-0.39, 0.29) is 66.7 Å². The van der Waals surface area contributed by atoms with Gasteiger partial charge in [0.25, 0.3) is 11.8 Å². The number of anilines is 1. The van der Waals surface area contributed by atoms with Crippen molar-refractivity contribution in [3.8, 4) is 22.5 Å². The average Bonchev–Trinajstić information content (AvgIpc) is 3.43. The molecule has 1 saturated heterocycles. The third-order valence-electron chi connectivity index (χ3n) is 7.84. The first kappa shape index (κ1) is 34.3. The number of alkyl halides is 4. The highest BCUT2D eigenvalue weighted by atomic mass is 32.2. The minimum absolute atomic E-state index is 0. The molecule has 0 bridgehead atoms. The SMILES string of the molecule is CNC(=O)c1c(-c2ccc(F)cc2)oc2cc(N(CCF)S(C)(=O)=O)c(-c3cccc(C(=O)N4CCN(C(=O)C(F)(F)F)CC4)c3)cc12.[HH]. The molecule has 3 amide bonds. The summed E-state index contributed by atoms with van der Waals surface area (Å²) in [6.07, 6.45) is -4.14. The van der Waals surface area contributed by atoms with Crippen molar-refractivity contribution in [3.05, 3.63) is 77.6 Å². The summed E-state index contributed by atoms with van der Waals surface area (Å²) in [4.78, 5) is 40.2. The third-order valence-corrected chi connectivity index (χ3v) is 9.02. The molecule has 4 aromatic rings. The van der Waals surface area contributed by atoms with E-state index in [9.17, 15) is 44.8 Å². The predicted molar refractivity (Wildman–Crippen MR) is 169 cm³/mol. The summed E-state index contributed by atoms with van der Waals surface area (Å²) in [6.45, 7) is -2.57. The molecule has 1 fully saturated rings. The number of carbonyl (C=O) groups is 3. The normalized spacial score (nSPS) is 13.9. The third kappa shape index (κ3) is 6.83. The largest absolute Gasteiger partial charge is 0.471 e. The van der Waals surface area contributed by atoms with Gasteiger partial charge in [0, 0.05) is 62.8 Å². The van der Waals surface area contributed by atoms with E-state index >= 15 is 0 Å². The van der Waals surface area contributed by atoms with Crippen molar-refractivity contribution in [3.63, 3.8) is 0 Å². The van der Waals surface area contributed by atoms with Gasteiger partial charge in [-0.25, -0.2) is 17.2 Å². The zero-order valence-electron chi connectivity index (χ0n) is 25.6. The molecule has 5 rings (SSSR count). The maximum absolute atomic E-state index is 13.7. The molecule has 1 N–H and O–H groups in total. The molecule has 1 aliphatic heterocycles. The van der Waals surface area contributed by atoms with Crippen molar-refractivity contribution < 1.29 is 50.6 Å². The van der Waals surface area contributed by atoms with Crippen LogP contribution in [0.2, 0.25) is 0 Å². The van der Waals surface area contributed by atoms with Crippen LogP contribution in [0.3, 0.4) is 0 Å². The second-order valence-electron chi connectivity index (χ2n) is 10.9. The number of halogens is 5. The Bertz CT molecular complexity index is 2000. The molecule has 256 valence electrons. The van der Waals surface area contributed by atoms with Crippen LogP contribution < -0.4 is 9.62 Å². The lowest BCUT2D eigenvalue weighted by atomic mass is 9.97. The van der Waals surface area contributed by atoms with Crippen LogP contribution in [0.15, 0.2) is 65.1 Å². The Morgan fingerprint density at radius 1 is 0.958 bits per heavy atom. The van der Waals surface area contributed by atoms with Crippen molar-refractivity contribution in [2.45, 2.75) is 6.18 Å². The Labute approximate surface area is 273 Å². The zero-order chi connectivity index (χ0) is 35.0. The van der Waals surface area contributed by atoms with Gasteiger partial charge >= 0.3 is 12.1 Å². The van der Waals surface area contributed by atoms with E-state index in [1.807, 2.05) is 0 Å². The van der Waals surface area contributed by atoms with E-state index in [1.54, 1.807) is 6.07 Å². The summed E-state index contributed by atoms with van der Waals surface area (Å²) in [5.41, 5.74) is 1.05. The number of hydrogen-bond acceptors (Lipinski definition) is 6. The number of nitrogens with one attached hydrogen (secondary N) is 1. The van der Waals surface area contributed by atoms with Crippen molar-refractivity contribution >= 4 is 44.4 Å². The van der Waals surface area contributed by atoms with Crippen molar-refractivity contribution in [1.29, 1.82) is 0 Å². The van der Waals surface area contributed by atoms with Gasteiger partial charge < -0.3 is 19.5 Å². The van der Waals surface area contributed by atoms with E-state index in [0.717, 1.165) is 10.6 Å². The Hall–Kier alpha value is -4.99. The lowest BCUT2D eigenvalue weighted by Gasteiger charge is -2.35. The van der Waals surface area contributed by atoms with Gasteiger partial charge in [-0.1, -0.05) is 12.1 Å². The number of furan rings is 1. The molecule has 1 aliphatic rings. The average molecular weight is 695 g/mol. The Kier molecular flexibility index (Phi) is 9.48. The Balaban J connectivity index is 0.00000541. The zero-order valence-corrected chi connectivity index (χ0v) is 26.4. The standard InChI is InChI=1S/C32H29F5N4O6S.H2/c1-38-29(42)27-24-17-23(20-4-3-5-21(16-20)30(43)39-12-14-40(15-13-39)31(44)32(35,36)37)25(41(11-10-33)48(2,45)46)18-26(24)47-28(27)19-6-8-22(34)9-7-19;/h3-9,16-18H,10-15H2,1-2H3,(H,38,42);1H. The molecule has 0 unspecified atom stereocenters. The number of benzene rings is 3. The molecular weight excluding hydrogens is 663 g/mol. The number of carbonyl (C=O) groups excluding carboxylic acids is 3. The van der Waals surface area contributed by atoms with Crippen LogP contribution in [0.25, 0.3) is 33.4 Å². The van der Waals surface area contributed by atoms with Crippen LogP contribution >= 0.6 is 0 Å². The smallest absolute Gasteiger partial charge is 0.455 e. The monoisotopic (exact) mass is 694 g/mol. The lowest BCUT2D eigenvalue weighted by Crippen LogP contribution is -2.53. The van der Waals surface area contributed by atoms with Gasteiger partial charge in [-0.3, -0.25) is 18.7 Å². The van der Waals surface area contributed by atoms with Gasteiger partial charge in [-0.15, -0.1) is 0 Å². The molecule has 0 radical (unpaired) electrons. The molecule has 2 heterocycles. The highest BCUT2D eigenvalue weighted by molar-refractivity contribution is 7.92. The maximum atomic E-state index is 13.7. The maximum Gasteiger partial charge on any atom is 0.471 e. The van der Waals surface area contributed by atoms with Crippen LogP contribution in [0, 0.1) is 5.82 Å². The number of nitrogens with zero attached hydrogens (tertiary/aromatic N) is 3. The van der Waals surface area contributed by atoms with E-state index in [0.29, 0.717) is 16.0 Å². The summed E-state index contributed by atoms with van der Waals surface area (Å²) in [5, 5.41) is 2.77. The second kappa shape index (κ2) is 13.3. The lowest BCUT2D eigenvalue weighted by molar-refractivity contribution is -0.186. The summed E-state index contributed by atoms with van der Waals surface area (Å²) >= 11 is 0. The van der Waals surface area contributed by atoms with Crippen molar-refractivity contribution in [2.75, 3.05) is 57.0 Å².